The summed E-state index contributed by atoms with van der Waals surface area (Å²) < 4.78 is 16.7. The summed E-state index contributed by atoms with van der Waals surface area (Å²) in [6.07, 6.45) is 36.6. The zero-order valence-corrected chi connectivity index (χ0v) is 33.9. The Bertz CT molecular complexity index is 753. The third-order valence-electron chi connectivity index (χ3n) is 10.2. The molecule has 0 radical (unpaired) electrons. The molecule has 0 aromatic carbocycles. The largest absolute Gasteiger partial charge is 0.462 e. The summed E-state index contributed by atoms with van der Waals surface area (Å²) in [5, 5.41) is 0. The van der Waals surface area contributed by atoms with Gasteiger partial charge >= 0.3 is 17.9 Å². The van der Waals surface area contributed by atoms with Gasteiger partial charge in [-0.05, 0) is 25.2 Å². The Hall–Kier alpha value is -1.59. The number of rotatable bonds is 39. The fourth-order valence-electron chi connectivity index (χ4n) is 6.42. The van der Waals surface area contributed by atoms with Gasteiger partial charge < -0.3 is 14.2 Å². The third-order valence-corrected chi connectivity index (χ3v) is 10.2. The van der Waals surface area contributed by atoms with Crippen LogP contribution in [-0.2, 0) is 28.6 Å². The van der Waals surface area contributed by atoms with Crippen molar-refractivity contribution in [2.24, 2.45) is 5.92 Å². The molecule has 0 amide bonds. The molecule has 0 bridgehead atoms. The van der Waals surface area contributed by atoms with E-state index in [0.29, 0.717) is 19.3 Å². The van der Waals surface area contributed by atoms with Crippen LogP contribution < -0.4 is 0 Å². The van der Waals surface area contributed by atoms with Gasteiger partial charge in [-0.15, -0.1) is 0 Å². The summed E-state index contributed by atoms with van der Waals surface area (Å²) in [5.41, 5.74) is 0. The van der Waals surface area contributed by atoms with Crippen LogP contribution in [0.1, 0.15) is 240 Å². The monoisotopic (exact) mass is 709 g/mol. The predicted molar refractivity (Wildman–Crippen MR) is 210 cm³/mol. The number of hydrogen-bond acceptors (Lipinski definition) is 6. The van der Waals surface area contributed by atoms with Gasteiger partial charge in [0.2, 0.25) is 0 Å². The Morgan fingerprint density at radius 3 is 1.04 bits per heavy atom. The lowest BCUT2D eigenvalue weighted by Crippen LogP contribution is -2.30. The summed E-state index contributed by atoms with van der Waals surface area (Å²) in [6, 6.07) is 0. The first-order chi connectivity index (χ1) is 24.4. The van der Waals surface area contributed by atoms with E-state index >= 15 is 0 Å². The van der Waals surface area contributed by atoms with Gasteiger partial charge in [-0.3, -0.25) is 14.4 Å². The second kappa shape index (κ2) is 38.6. The van der Waals surface area contributed by atoms with E-state index in [4.69, 9.17) is 14.2 Å². The van der Waals surface area contributed by atoms with E-state index in [1.54, 1.807) is 0 Å². The molecule has 1 unspecified atom stereocenters. The molecule has 6 nitrogen and oxygen atoms in total. The Labute approximate surface area is 310 Å². The van der Waals surface area contributed by atoms with Crippen LogP contribution in [0.25, 0.3) is 0 Å². The van der Waals surface area contributed by atoms with Crippen LogP contribution in [0, 0.1) is 5.92 Å². The van der Waals surface area contributed by atoms with Crippen molar-refractivity contribution in [3.8, 4) is 0 Å². The predicted octanol–water partition coefficient (Wildman–Crippen LogP) is 13.6. The molecule has 0 heterocycles. The van der Waals surface area contributed by atoms with Crippen molar-refractivity contribution in [1.82, 2.24) is 0 Å². The van der Waals surface area contributed by atoms with E-state index in [2.05, 4.69) is 27.7 Å². The highest BCUT2D eigenvalue weighted by atomic mass is 16.6. The molecule has 0 fully saturated rings. The molecule has 6 heteroatoms. The number of carbonyl (C=O) groups excluding carboxylic acids is 3. The van der Waals surface area contributed by atoms with Crippen LogP contribution in [0.4, 0.5) is 0 Å². The van der Waals surface area contributed by atoms with E-state index < -0.39 is 6.10 Å². The van der Waals surface area contributed by atoms with Crippen LogP contribution in [0.15, 0.2) is 0 Å². The molecule has 0 aromatic heterocycles. The van der Waals surface area contributed by atoms with Crippen molar-refractivity contribution in [3.05, 3.63) is 0 Å². The number of unbranched alkanes of at least 4 members (excludes halogenated alkanes) is 25. The molecule has 50 heavy (non-hydrogen) atoms. The fraction of sp³-hybridized carbons (Fsp3) is 0.932. The lowest BCUT2D eigenvalue weighted by atomic mass is 10.00. The van der Waals surface area contributed by atoms with Gasteiger partial charge in [-0.2, -0.15) is 0 Å². The van der Waals surface area contributed by atoms with Crippen LogP contribution in [0.3, 0.4) is 0 Å². The van der Waals surface area contributed by atoms with Gasteiger partial charge in [0.1, 0.15) is 13.2 Å². The van der Waals surface area contributed by atoms with Gasteiger partial charge in [0.25, 0.3) is 0 Å². The van der Waals surface area contributed by atoms with Crippen molar-refractivity contribution in [1.29, 1.82) is 0 Å². The van der Waals surface area contributed by atoms with Crippen LogP contribution in [-0.4, -0.2) is 37.2 Å². The fourth-order valence-corrected chi connectivity index (χ4v) is 6.42. The second-order valence-electron chi connectivity index (χ2n) is 15.2. The molecular weight excluding hydrogens is 624 g/mol. The molecule has 0 saturated carbocycles. The number of hydrogen-bond donors (Lipinski definition) is 0. The normalized spacial score (nSPS) is 12.5. The maximum atomic E-state index is 12.6. The SMILES string of the molecule is CCCCCCCCCCCCCCCC(=O)OC[C@@H](COC(=O)CCCCCCCCC(C)CC)OC(=O)CCCCCCCCCCC. The van der Waals surface area contributed by atoms with Crippen LogP contribution >= 0.6 is 0 Å². The van der Waals surface area contributed by atoms with Crippen LogP contribution in [0.2, 0.25) is 0 Å². The van der Waals surface area contributed by atoms with E-state index in [-0.39, 0.29) is 31.1 Å². The van der Waals surface area contributed by atoms with Crippen molar-refractivity contribution in [2.45, 2.75) is 246 Å². The van der Waals surface area contributed by atoms with E-state index in [1.807, 2.05) is 0 Å². The van der Waals surface area contributed by atoms with Gasteiger partial charge in [-0.1, -0.05) is 201 Å². The Kier molecular flexibility index (Phi) is 37.4. The zero-order valence-electron chi connectivity index (χ0n) is 33.9. The molecule has 0 aliphatic heterocycles. The Morgan fingerprint density at radius 2 is 0.700 bits per heavy atom. The molecular formula is C44H84O6. The lowest BCUT2D eigenvalue weighted by molar-refractivity contribution is -0.167. The standard InChI is InChI=1S/C44H84O6/c1-5-8-10-12-14-16-17-18-19-21-22-27-31-35-42(45)48-38-41(50-44(47)37-33-29-23-20-15-13-11-9-6-2)39-49-43(46)36-32-28-25-24-26-30-34-40(4)7-3/h40-41H,5-39H2,1-4H3/t40?,41-/m0/s1. The smallest absolute Gasteiger partial charge is 0.306 e. The molecule has 0 saturated heterocycles. The first-order valence-electron chi connectivity index (χ1n) is 21.9. The summed E-state index contributed by atoms with van der Waals surface area (Å²) >= 11 is 0. The minimum absolute atomic E-state index is 0.0648. The second-order valence-corrected chi connectivity index (χ2v) is 15.2. The summed E-state index contributed by atoms with van der Waals surface area (Å²) in [5.74, 6) is -0.0474. The van der Waals surface area contributed by atoms with E-state index in [0.717, 1.165) is 63.7 Å². The first kappa shape index (κ1) is 48.4. The van der Waals surface area contributed by atoms with E-state index in [9.17, 15) is 14.4 Å². The van der Waals surface area contributed by atoms with Crippen molar-refractivity contribution < 1.29 is 28.6 Å². The Balaban J connectivity index is 4.32. The number of ether oxygens (including phenoxy) is 3. The minimum Gasteiger partial charge on any atom is -0.462 e. The average Bonchev–Trinajstić information content (AvgIpc) is 3.11. The quantitative estimate of drug-likeness (QED) is 0.0359. The maximum Gasteiger partial charge on any atom is 0.306 e. The highest BCUT2D eigenvalue weighted by Gasteiger charge is 2.19. The summed E-state index contributed by atoms with van der Waals surface area (Å²) in [4.78, 5) is 37.6. The molecule has 0 rings (SSSR count). The molecule has 0 aromatic rings. The highest BCUT2D eigenvalue weighted by Crippen LogP contribution is 2.16. The number of esters is 3. The lowest BCUT2D eigenvalue weighted by Gasteiger charge is -2.18. The van der Waals surface area contributed by atoms with Gasteiger partial charge in [0, 0.05) is 19.3 Å². The highest BCUT2D eigenvalue weighted by molar-refractivity contribution is 5.71. The topological polar surface area (TPSA) is 78.9 Å². The molecule has 296 valence electrons. The van der Waals surface area contributed by atoms with Crippen molar-refractivity contribution in [3.63, 3.8) is 0 Å². The zero-order chi connectivity index (χ0) is 36.8. The van der Waals surface area contributed by atoms with Gasteiger partial charge in [0.15, 0.2) is 6.10 Å². The third kappa shape index (κ3) is 36.2. The molecule has 2 atom stereocenters. The summed E-state index contributed by atoms with van der Waals surface area (Å²) in [6.45, 7) is 8.94. The molecule has 0 aliphatic carbocycles. The van der Waals surface area contributed by atoms with Crippen molar-refractivity contribution in [2.75, 3.05) is 13.2 Å². The van der Waals surface area contributed by atoms with Crippen molar-refractivity contribution >= 4 is 17.9 Å². The first-order valence-corrected chi connectivity index (χ1v) is 21.9. The van der Waals surface area contributed by atoms with Gasteiger partial charge in [-0.25, -0.2) is 0 Å². The molecule has 0 aliphatic rings. The number of carbonyl (C=O) groups is 3. The average molecular weight is 709 g/mol. The van der Waals surface area contributed by atoms with Crippen LogP contribution in [0.5, 0.6) is 0 Å². The molecule has 0 spiro atoms. The van der Waals surface area contributed by atoms with E-state index in [1.165, 1.54) is 135 Å². The van der Waals surface area contributed by atoms with Gasteiger partial charge in [0.05, 0.1) is 0 Å². The Morgan fingerprint density at radius 1 is 0.400 bits per heavy atom. The maximum absolute atomic E-state index is 12.6. The summed E-state index contributed by atoms with van der Waals surface area (Å²) in [7, 11) is 0. The minimum atomic E-state index is -0.758. The molecule has 0 N–H and O–H groups in total.